The molecule has 56 valence electrons. The van der Waals surface area contributed by atoms with E-state index in [1.807, 2.05) is 0 Å². The molecule has 9 heavy (non-hydrogen) atoms. The van der Waals surface area contributed by atoms with E-state index in [1.54, 1.807) is 20.8 Å². The van der Waals surface area contributed by atoms with E-state index in [1.165, 1.54) is 0 Å². The van der Waals surface area contributed by atoms with E-state index in [0.29, 0.717) is 0 Å². The molecule has 0 spiro atoms. The van der Waals surface area contributed by atoms with Gasteiger partial charge in [-0.25, -0.2) is 4.79 Å². The van der Waals surface area contributed by atoms with Crippen LogP contribution in [0.4, 0.5) is 4.79 Å². The molecule has 0 saturated carbocycles. The number of carbonyl (C=O) groups is 1. The van der Waals surface area contributed by atoms with Crippen molar-refractivity contribution in [3.63, 3.8) is 0 Å². The molecule has 0 fully saturated rings. The lowest BCUT2D eigenvalue weighted by molar-refractivity contribution is 0.0600. The Morgan fingerprint density at radius 1 is 1.44 bits per heavy atom. The van der Waals surface area contributed by atoms with Crippen LogP contribution in [0.15, 0.2) is 0 Å². The van der Waals surface area contributed by atoms with Crippen LogP contribution in [0.2, 0.25) is 0 Å². The summed E-state index contributed by atoms with van der Waals surface area (Å²) in [6.07, 6.45) is -0.725. The Balaban J connectivity index is 0. The predicted octanol–water partition coefficient (Wildman–Crippen LogP) is 0.993. The van der Waals surface area contributed by atoms with Gasteiger partial charge in [-0.2, -0.15) is 13.5 Å². The SMILES string of the molecule is CC(C)(C)OC(N)=O.S. The van der Waals surface area contributed by atoms with Crippen LogP contribution in [-0.4, -0.2) is 11.7 Å². The second-order valence-electron chi connectivity index (χ2n) is 2.53. The second kappa shape index (κ2) is 3.61. The van der Waals surface area contributed by atoms with Gasteiger partial charge in [0.05, 0.1) is 0 Å². The summed E-state index contributed by atoms with van der Waals surface area (Å²) in [6, 6.07) is 0. The van der Waals surface area contributed by atoms with Crippen LogP contribution in [0.5, 0.6) is 0 Å². The smallest absolute Gasteiger partial charge is 0.405 e. The van der Waals surface area contributed by atoms with Gasteiger partial charge in [0.15, 0.2) is 0 Å². The highest BCUT2D eigenvalue weighted by atomic mass is 32.1. The van der Waals surface area contributed by atoms with Crippen molar-refractivity contribution in [1.29, 1.82) is 0 Å². The van der Waals surface area contributed by atoms with Crippen LogP contribution in [0.25, 0.3) is 0 Å². The lowest BCUT2D eigenvalue weighted by Gasteiger charge is -2.16. The highest BCUT2D eigenvalue weighted by Gasteiger charge is 2.12. The van der Waals surface area contributed by atoms with Crippen LogP contribution >= 0.6 is 13.5 Å². The molecule has 3 nitrogen and oxygen atoms in total. The van der Waals surface area contributed by atoms with Crippen LogP contribution in [0.1, 0.15) is 20.8 Å². The summed E-state index contributed by atoms with van der Waals surface area (Å²) >= 11 is 0. The first-order chi connectivity index (χ1) is 3.42. The van der Waals surface area contributed by atoms with Crippen molar-refractivity contribution in [3.8, 4) is 0 Å². The number of primary amides is 1. The zero-order valence-electron chi connectivity index (χ0n) is 5.89. The summed E-state index contributed by atoms with van der Waals surface area (Å²) in [5.41, 5.74) is 4.26. The lowest BCUT2D eigenvalue weighted by atomic mass is 10.2. The summed E-state index contributed by atoms with van der Waals surface area (Å²) in [5.74, 6) is 0. The number of carbonyl (C=O) groups excluding carboxylic acids is 1. The molecule has 0 saturated heterocycles. The number of ether oxygens (including phenoxy) is 1. The summed E-state index contributed by atoms with van der Waals surface area (Å²) in [4.78, 5) is 10.0. The third-order valence-corrected chi connectivity index (χ3v) is 0.407. The highest BCUT2D eigenvalue weighted by molar-refractivity contribution is 7.59. The zero-order chi connectivity index (χ0) is 6.78. The maximum Gasteiger partial charge on any atom is 0.405 e. The second-order valence-corrected chi connectivity index (χ2v) is 2.53. The average molecular weight is 151 g/mol. The predicted molar refractivity (Wildman–Crippen MR) is 40.8 cm³/mol. The zero-order valence-corrected chi connectivity index (χ0v) is 6.89. The molecule has 0 aliphatic rings. The fourth-order valence-corrected chi connectivity index (χ4v) is 0.302. The molecular weight excluding hydrogens is 138 g/mol. The number of hydrogen-bond donors (Lipinski definition) is 1. The van der Waals surface area contributed by atoms with Crippen molar-refractivity contribution < 1.29 is 9.53 Å². The molecule has 1 amide bonds. The van der Waals surface area contributed by atoms with E-state index >= 15 is 0 Å². The fraction of sp³-hybridized carbons (Fsp3) is 0.800. The van der Waals surface area contributed by atoms with Crippen molar-refractivity contribution in [2.45, 2.75) is 26.4 Å². The van der Waals surface area contributed by atoms with Gasteiger partial charge in [-0.1, -0.05) is 0 Å². The van der Waals surface area contributed by atoms with E-state index in [2.05, 4.69) is 4.74 Å². The highest BCUT2D eigenvalue weighted by Crippen LogP contribution is 2.04. The Kier molecular flexibility index (Phi) is 4.58. The molecule has 2 N–H and O–H groups in total. The first-order valence-corrected chi connectivity index (χ1v) is 2.40. The Morgan fingerprint density at radius 2 is 1.78 bits per heavy atom. The van der Waals surface area contributed by atoms with Crippen LogP contribution in [0, 0.1) is 0 Å². The quantitative estimate of drug-likeness (QED) is 0.561. The van der Waals surface area contributed by atoms with Gasteiger partial charge in [-0.05, 0) is 20.8 Å². The van der Waals surface area contributed by atoms with Gasteiger partial charge in [0.25, 0.3) is 0 Å². The first kappa shape index (κ1) is 11.4. The molecule has 0 atom stereocenters. The summed E-state index contributed by atoms with van der Waals surface area (Å²) in [7, 11) is 0. The van der Waals surface area contributed by atoms with E-state index in [9.17, 15) is 4.79 Å². The monoisotopic (exact) mass is 151 g/mol. The van der Waals surface area contributed by atoms with Crippen molar-refractivity contribution in [1.82, 2.24) is 0 Å². The molecule has 0 heterocycles. The molecule has 0 aromatic carbocycles. The Morgan fingerprint density at radius 3 is 1.78 bits per heavy atom. The van der Waals surface area contributed by atoms with Gasteiger partial charge >= 0.3 is 6.09 Å². The molecule has 0 radical (unpaired) electrons. The molecule has 0 rings (SSSR count). The number of amides is 1. The van der Waals surface area contributed by atoms with E-state index in [0.717, 1.165) is 0 Å². The minimum Gasteiger partial charge on any atom is -0.444 e. The molecule has 0 aromatic heterocycles. The number of hydrogen-bond acceptors (Lipinski definition) is 2. The largest absolute Gasteiger partial charge is 0.444 e. The normalized spacial score (nSPS) is 9.67. The van der Waals surface area contributed by atoms with Crippen molar-refractivity contribution >= 4 is 19.6 Å². The van der Waals surface area contributed by atoms with Crippen molar-refractivity contribution in [3.05, 3.63) is 0 Å². The number of nitrogens with two attached hydrogens (primary N) is 1. The molecule has 0 unspecified atom stereocenters. The van der Waals surface area contributed by atoms with Gasteiger partial charge in [-0.15, -0.1) is 0 Å². The van der Waals surface area contributed by atoms with Crippen molar-refractivity contribution in [2.24, 2.45) is 5.73 Å². The van der Waals surface area contributed by atoms with Gasteiger partial charge in [0.1, 0.15) is 5.60 Å². The van der Waals surface area contributed by atoms with Gasteiger partial charge in [0.2, 0.25) is 0 Å². The molecule has 0 bridgehead atoms. The van der Waals surface area contributed by atoms with Gasteiger partial charge in [0, 0.05) is 0 Å². The first-order valence-electron chi connectivity index (χ1n) is 2.40. The average Bonchev–Trinajstić information content (AvgIpc) is 1.21. The number of rotatable bonds is 0. The summed E-state index contributed by atoms with van der Waals surface area (Å²) in [5, 5.41) is 0. The molecule has 0 aliphatic carbocycles. The van der Waals surface area contributed by atoms with Gasteiger partial charge in [-0.3, -0.25) is 0 Å². The van der Waals surface area contributed by atoms with Crippen molar-refractivity contribution in [2.75, 3.05) is 0 Å². The maximum atomic E-state index is 10.0. The minimum absolute atomic E-state index is 0. The fourth-order valence-electron chi connectivity index (χ4n) is 0.302. The van der Waals surface area contributed by atoms with E-state index < -0.39 is 11.7 Å². The van der Waals surface area contributed by atoms with E-state index in [4.69, 9.17) is 5.73 Å². The topological polar surface area (TPSA) is 52.3 Å². The Labute approximate surface area is 62.0 Å². The molecule has 0 aliphatic heterocycles. The minimum atomic E-state index is -0.725. The lowest BCUT2D eigenvalue weighted by Crippen LogP contribution is -2.27. The maximum absolute atomic E-state index is 10.0. The Hall–Kier alpha value is -0.380. The van der Waals surface area contributed by atoms with Gasteiger partial charge < -0.3 is 10.5 Å². The van der Waals surface area contributed by atoms with Crippen LogP contribution in [0.3, 0.4) is 0 Å². The molecule has 0 aromatic rings. The third kappa shape index (κ3) is 11.3. The Bertz CT molecular complexity index is 97.6. The molecule has 4 heteroatoms. The summed E-state index contributed by atoms with van der Waals surface area (Å²) < 4.78 is 4.58. The standard InChI is InChI=1S/C5H11NO2.H2S/c1-5(2,3)8-4(6)7;/h1-3H3,(H2,6,7);1H2. The summed E-state index contributed by atoms with van der Waals surface area (Å²) in [6.45, 7) is 5.28. The third-order valence-electron chi connectivity index (χ3n) is 0.407. The van der Waals surface area contributed by atoms with E-state index in [-0.39, 0.29) is 13.5 Å². The van der Waals surface area contributed by atoms with Crippen LogP contribution in [-0.2, 0) is 4.74 Å². The molecular formula is C5H13NO2S. The van der Waals surface area contributed by atoms with Crippen LogP contribution < -0.4 is 5.73 Å².